The number of hydrogen-bond acceptors (Lipinski definition) is 3. The van der Waals surface area contributed by atoms with E-state index in [1.807, 2.05) is 35.2 Å². The van der Waals surface area contributed by atoms with E-state index >= 15 is 0 Å². The largest absolute Gasteiger partial charge is 0.342 e. The van der Waals surface area contributed by atoms with Crippen molar-refractivity contribution in [2.24, 2.45) is 11.8 Å². The zero-order valence-corrected chi connectivity index (χ0v) is 18.0. The highest BCUT2D eigenvalue weighted by Gasteiger charge is 2.32. The minimum atomic E-state index is -0.590. The van der Waals surface area contributed by atoms with Crippen molar-refractivity contribution in [3.63, 3.8) is 0 Å². The molecular formula is C24H33N3O3. The Morgan fingerprint density at radius 1 is 1.03 bits per heavy atom. The molecule has 2 aliphatic heterocycles. The third-order valence-corrected chi connectivity index (χ3v) is 6.08. The molecule has 6 nitrogen and oxygen atoms in total. The summed E-state index contributed by atoms with van der Waals surface area (Å²) < 4.78 is 0. The predicted octanol–water partition coefficient (Wildman–Crippen LogP) is 2.70. The van der Waals surface area contributed by atoms with Gasteiger partial charge in [-0.3, -0.25) is 14.4 Å². The molecule has 2 aliphatic rings. The Morgan fingerprint density at radius 3 is 2.40 bits per heavy atom. The molecule has 2 unspecified atom stereocenters. The standard InChI is InChI=1S/C24H33N3O3/c1-18-7-6-14-27(17-18)24(30)21-12-15-26(16-13-21)23(29)19(2)25-22(28)11-10-20-8-4-3-5-9-20/h3-5,8-11,18-19,21H,6-7,12-17H2,1-2H3,(H,25,28)/b11-10+. The molecule has 1 aromatic rings. The van der Waals surface area contributed by atoms with Gasteiger partial charge in [0.15, 0.2) is 0 Å². The van der Waals surface area contributed by atoms with E-state index in [-0.39, 0.29) is 23.6 Å². The lowest BCUT2D eigenvalue weighted by Crippen LogP contribution is -2.51. The quantitative estimate of drug-likeness (QED) is 0.758. The number of carbonyl (C=O) groups excluding carboxylic acids is 3. The van der Waals surface area contributed by atoms with E-state index < -0.39 is 6.04 Å². The fraction of sp³-hybridized carbons (Fsp3) is 0.542. The summed E-state index contributed by atoms with van der Waals surface area (Å²) in [6.45, 7) is 6.77. The second-order valence-electron chi connectivity index (χ2n) is 8.61. The van der Waals surface area contributed by atoms with Gasteiger partial charge in [0.2, 0.25) is 17.7 Å². The van der Waals surface area contributed by atoms with Gasteiger partial charge in [0, 0.05) is 38.2 Å². The summed E-state index contributed by atoms with van der Waals surface area (Å²) in [6.07, 6.45) is 6.85. The summed E-state index contributed by atoms with van der Waals surface area (Å²) in [5, 5.41) is 2.75. The summed E-state index contributed by atoms with van der Waals surface area (Å²) >= 11 is 0. The number of nitrogens with zero attached hydrogens (tertiary/aromatic N) is 2. The number of nitrogens with one attached hydrogen (secondary N) is 1. The normalized spacial score (nSPS) is 21.5. The van der Waals surface area contributed by atoms with Crippen LogP contribution in [0.3, 0.4) is 0 Å². The van der Waals surface area contributed by atoms with Gasteiger partial charge in [0.1, 0.15) is 6.04 Å². The molecule has 0 bridgehead atoms. The topological polar surface area (TPSA) is 69.7 Å². The van der Waals surface area contributed by atoms with E-state index in [1.165, 1.54) is 12.5 Å². The molecule has 1 N–H and O–H groups in total. The molecule has 0 radical (unpaired) electrons. The Balaban J connectivity index is 1.44. The van der Waals surface area contributed by atoms with Crippen molar-refractivity contribution >= 4 is 23.8 Å². The van der Waals surface area contributed by atoms with Crippen LogP contribution < -0.4 is 5.32 Å². The van der Waals surface area contributed by atoms with Crippen LogP contribution in [0, 0.1) is 11.8 Å². The molecule has 2 heterocycles. The van der Waals surface area contributed by atoms with Gasteiger partial charge in [-0.1, -0.05) is 37.3 Å². The van der Waals surface area contributed by atoms with Crippen molar-refractivity contribution in [1.29, 1.82) is 0 Å². The third kappa shape index (κ3) is 5.94. The lowest BCUT2D eigenvalue weighted by atomic mass is 9.92. The highest BCUT2D eigenvalue weighted by molar-refractivity contribution is 5.95. The minimum Gasteiger partial charge on any atom is -0.342 e. The van der Waals surface area contributed by atoms with E-state index in [1.54, 1.807) is 17.9 Å². The number of hydrogen-bond donors (Lipinski definition) is 1. The van der Waals surface area contributed by atoms with Crippen LogP contribution in [0.25, 0.3) is 6.08 Å². The Labute approximate surface area is 179 Å². The number of amides is 3. The molecule has 1 aromatic carbocycles. The minimum absolute atomic E-state index is 0.0121. The predicted molar refractivity (Wildman–Crippen MR) is 117 cm³/mol. The second kappa shape index (κ2) is 10.4. The second-order valence-corrected chi connectivity index (χ2v) is 8.61. The molecule has 162 valence electrons. The van der Waals surface area contributed by atoms with Gasteiger partial charge >= 0.3 is 0 Å². The first-order valence-corrected chi connectivity index (χ1v) is 11.0. The van der Waals surface area contributed by atoms with Crippen molar-refractivity contribution in [2.45, 2.75) is 45.6 Å². The van der Waals surface area contributed by atoms with Crippen molar-refractivity contribution in [3.05, 3.63) is 42.0 Å². The Morgan fingerprint density at radius 2 is 1.73 bits per heavy atom. The van der Waals surface area contributed by atoms with E-state index in [9.17, 15) is 14.4 Å². The zero-order valence-electron chi connectivity index (χ0n) is 18.0. The average molecular weight is 412 g/mol. The van der Waals surface area contributed by atoms with Crippen molar-refractivity contribution < 1.29 is 14.4 Å². The molecular weight excluding hydrogens is 378 g/mol. The van der Waals surface area contributed by atoms with Gasteiger partial charge in [-0.2, -0.15) is 0 Å². The summed E-state index contributed by atoms with van der Waals surface area (Å²) in [6, 6.07) is 8.96. The summed E-state index contributed by atoms with van der Waals surface area (Å²) in [4.78, 5) is 41.4. The number of rotatable bonds is 5. The van der Waals surface area contributed by atoms with Gasteiger partial charge in [0.25, 0.3) is 0 Å². The highest BCUT2D eigenvalue weighted by Crippen LogP contribution is 2.24. The molecule has 3 rings (SSSR count). The maximum atomic E-state index is 12.8. The lowest BCUT2D eigenvalue weighted by molar-refractivity contribution is -0.142. The summed E-state index contributed by atoms with van der Waals surface area (Å²) in [7, 11) is 0. The number of piperidine rings is 2. The van der Waals surface area contributed by atoms with Crippen LogP contribution in [0.4, 0.5) is 0 Å². The maximum Gasteiger partial charge on any atom is 0.244 e. The molecule has 6 heteroatoms. The highest BCUT2D eigenvalue weighted by atomic mass is 16.2. The van der Waals surface area contributed by atoms with Gasteiger partial charge in [-0.15, -0.1) is 0 Å². The van der Waals surface area contributed by atoms with Gasteiger partial charge in [-0.25, -0.2) is 0 Å². The Kier molecular flexibility index (Phi) is 7.66. The monoisotopic (exact) mass is 411 g/mol. The fourth-order valence-electron chi connectivity index (χ4n) is 4.33. The van der Waals surface area contributed by atoms with Gasteiger partial charge in [-0.05, 0) is 50.2 Å². The first-order valence-electron chi connectivity index (χ1n) is 11.0. The van der Waals surface area contributed by atoms with E-state index in [0.717, 1.165) is 25.1 Å². The van der Waals surface area contributed by atoms with Gasteiger partial charge < -0.3 is 15.1 Å². The Bertz CT molecular complexity index is 769. The van der Waals surface area contributed by atoms with Gasteiger partial charge in [0.05, 0.1) is 0 Å². The molecule has 0 spiro atoms. The van der Waals surface area contributed by atoms with E-state index in [2.05, 4.69) is 12.2 Å². The average Bonchev–Trinajstić information content (AvgIpc) is 2.77. The molecule has 3 amide bonds. The molecule has 2 atom stereocenters. The molecule has 0 aromatic heterocycles. The van der Waals surface area contributed by atoms with Crippen LogP contribution in [0.5, 0.6) is 0 Å². The number of likely N-dealkylation sites (tertiary alicyclic amines) is 2. The van der Waals surface area contributed by atoms with E-state index in [0.29, 0.717) is 31.8 Å². The van der Waals surface area contributed by atoms with Crippen LogP contribution in [0.15, 0.2) is 36.4 Å². The first kappa shape index (κ1) is 22.1. The van der Waals surface area contributed by atoms with Crippen molar-refractivity contribution in [3.8, 4) is 0 Å². The van der Waals surface area contributed by atoms with Crippen LogP contribution in [-0.4, -0.2) is 59.7 Å². The van der Waals surface area contributed by atoms with Crippen LogP contribution in [-0.2, 0) is 14.4 Å². The summed E-state index contributed by atoms with van der Waals surface area (Å²) in [5.41, 5.74) is 0.932. The molecule has 0 saturated carbocycles. The number of benzene rings is 1. The molecule has 2 fully saturated rings. The fourth-order valence-corrected chi connectivity index (χ4v) is 4.33. The first-order chi connectivity index (χ1) is 14.4. The SMILES string of the molecule is CC1CCCN(C(=O)C2CCN(C(=O)C(C)NC(=O)/C=C/c3ccccc3)CC2)C1. The molecule has 0 aliphatic carbocycles. The van der Waals surface area contributed by atoms with Crippen LogP contribution in [0.2, 0.25) is 0 Å². The lowest BCUT2D eigenvalue weighted by Gasteiger charge is -2.37. The van der Waals surface area contributed by atoms with E-state index in [4.69, 9.17) is 0 Å². The Hall–Kier alpha value is -2.63. The number of carbonyl (C=O) groups is 3. The maximum absolute atomic E-state index is 12.8. The third-order valence-electron chi connectivity index (χ3n) is 6.08. The summed E-state index contributed by atoms with van der Waals surface area (Å²) in [5.74, 6) is 0.460. The van der Waals surface area contributed by atoms with Crippen LogP contribution >= 0.6 is 0 Å². The van der Waals surface area contributed by atoms with Crippen molar-refractivity contribution in [1.82, 2.24) is 15.1 Å². The smallest absolute Gasteiger partial charge is 0.244 e. The molecule has 30 heavy (non-hydrogen) atoms. The van der Waals surface area contributed by atoms with Crippen molar-refractivity contribution in [2.75, 3.05) is 26.2 Å². The van der Waals surface area contributed by atoms with Crippen LogP contribution in [0.1, 0.15) is 45.1 Å². The zero-order chi connectivity index (χ0) is 21.5. The molecule has 2 saturated heterocycles.